The maximum atomic E-state index is 11.8. The fourth-order valence-corrected chi connectivity index (χ4v) is 1.80. The van der Waals surface area contributed by atoms with Crippen LogP contribution in [0.3, 0.4) is 0 Å². The van der Waals surface area contributed by atoms with Crippen LogP contribution in [0.15, 0.2) is 0 Å². The predicted octanol–water partition coefficient (Wildman–Crippen LogP) is -0.136. The second-order valence-corrected chi connectivity index (χ2v) is 4.53. The van der Waals surface area contributed by atoms with Crippen LogP contribution in [0.5, 0.6) is 0 Å². The Morgan fingerprint density at radius 3 is 2.44 bits per heavy atom. The molecule has 2 amide bonds. The Bertz CT molecular complexity index is 351. The number of likely N-dealkylation sites (tertiary alicyclic amines) is 1. The number of carboxylic acid groups (broad SMARTS) is 1. The summed E-state index contributed by atoms with van der Waals surface area (Å²) >= 11 is 0. The van der Waals surface area contributed by atoms with E-state index >= 15 is 0 Å². The number of carboxylic acids is 1. The van der Waals surface area contributed by atoms with Gasteiger partial charge in [-0.1, -0.05) is 6.92 Å². The molecule has 102 valence electrons. The smallest absolute Gasteiger partial charge is 0.319 e. The summed E-state index contributed by atoms with van der Waals surface area (Å²) in [4.78, 5) is 36.5. The van der Waals surface area contributed by atoms with E-state index < -0.39 is 17.8 Å². The van der Waals surface area contributed by atoms with Crippen LogP contribution in [-0.2, 0) is 14.3 Å². The Hall–Kier alpha value is -1.79. The molecule has 0 bridgehead atoms. The number of urea groups is 1. The van der Waals surface area contributed by atoms with Gasteiger partial charge in [0.05, 0.1) is 18.9 Å². The summed E-state index contributed by atoms with van der Waals surface area (Å²) in [5.74, 6) is -2.13. The third-order valence-corrected chi connectivity index (χ3v) is 2.98. The van der Waals surface area contributed by atoms with Gasteiger partial charge in [-0.25, -0.2) is 4.79 Å². The molecule has 0 saturated carbocycles. The lowest BCUT2D eigenvalue weighted by Crippen LogP contribution is -2.57. The van der Waals surface area contributed by atoms with Gasteiger partial charge in [0.1, 0.15) is 0 Å². The van der Waals surface area contributed by atoms with Crippen molar-refractivity contribution >= 4 is 18.0 Å². The first-order chi connectivity index (χ1) is 8.36. The van der Waals surface area contributed by atoms with E-state index in [-0.39, 0.29) is 31.6 Å². The molecule has 0 aromatic carbocycles. The molecule has 1 saturated heterocycles. The fourth-order valence-electron chi connectivity index (χ4n) is 1.80. The van der Waals surface area contributed by atoms with Gasteiger partial charge in [0.25, 0.3) is 0 Å². The molecule has 1 aliphatic rings. The molecule has 0 radical (unpaired) electrons. The van der Waals surface area contributed by atoms with Crippen LogP contribution in [0.25, 0.3) is 0 Å². The molecule has 0 aromatic heterocycles. The van der Waals surface area contributed by atoms with Crippen LogP contribution < -0.4 is 0 Å². The van der Waals surface area contributed by atoms with Gasteiger partial charge in [-0.3, -0.25) is 9.59 Å². The lowest BCUT2D eigenvalue weighted by Gasteiger charge is -2.39. The van der Waals surface area contributed by atoms with E-state index in [0.717, 1.165) is 0 Å². The standard InChI is InChI=1S/C11H18N2O5/c1-7(10(16)18-3)4-12(2)11(17)13-5-8(6-13)9(14)15/h7-8H,4-6H2,1-3H3,(H,14,15). The summed E-state index contributed by atoms with van der Waals surface area (Å²) in [6, 6.07) is -0.261. The van der Waals surface area contributed by atoms with Gasteiger partial charge in [-0.05, 0) is 0 Å². The highest BCUT2D eigenvalue weighted by molar-refractivity contribution is 5.80. The zero-order chi connectivity index (χ0) is 13.9. The maximum absolute atomic E-state index is 11.8. The largest absolute Gasteiger partial charge is 0.481 e. The average Bonchev–Trinajstić information content (AvgIpc) is 2.24. The predicted molar refractivity (Wildman–Crippen MR) is 61.9 cm³/mol. The number of hydrogen-bond acceptors (Lipinski definition) is 4. The Morgan fingerprint density at radius 2 is 2.00 bits per heavy atom. The zero-order valence-corrected chi connectivity index (χ0v) is 10.8. The van der Waals surface area contributed by atoms with Gasteiger partial charge in [0.15, 0.2) is 0 Å². The minimum Gasteiger partial charge on any atom is -0.481 e. The molecular weight excluding hydrogens is 240 g/mol. The molecule has 18 heavy (non-hydrogen) atoms. The fraction of sp³-hybridized carbons (Fsp3) is 0.727. The molecule has 1 rings (SSSR count). The normalized spacial score (nSPS) is 16.7. The Labute approximate surface area is 105 Å². The summed E-state index contributed by atoms with van der Waals surface area (Å²) in [6.07, 6.45) is 0. The number of nitrogens with zero attached hydrogens (tertiary/aromatic N) is 2. The van der Waals surface area contributed by atoms with Crippen molar-refractivity contribution in [2.45, 2.75) is 6.92 Å². The van der Waals surface area contributed by atoms with Gasteiger partial charge in [0, 0.05) is 26.7 Å². The van der Waals surface area contributed by atoms with E-state index in [1.54, 1.807) is 14.0 Å². The van der Waals surface area contributed by atoms with Gasteiger partial charge in [0.2, 0.25) is 0 Å². The first-order valence-electron chi connectivity index (χ1n) is 5.67. The lowest BCUT2D eigenvalue weighted by atomic mass is 10.0. The number of carbonyl (C=O) groups excluding carboxylic acids is 2. The monoisotopic (exact) mass is 258 g/mol. The van der Waals surface area contributed by atoms with Crippen LogP contribution in [0.1, 0.15) is 6.92 Å². The number of carbonyl (C=O) groups is 3. The summed E-state index contributed by atoms with van der Waals surface area (Å²) in [6.45, 7) is 2.38. The van der Waals surface area contributed by atoms with E-state index in [4.69, 9.17) is 5.11 Å². The van der Waals surface area contributed by atoms with E-state index in [9.17, 15) is 14.4 Å². The highest BCUT2D eigenvalue weighted by Crippen LogP contribution is 2.17. The van der Waals surface area contributed by atoms with Crippen molar-refractivity contribution in [1.82, 2.24) is 9.80 Å². The van der Waals surface area contributed by atoms with Gasteiger partial charge >= 0.3 is 18.0 Å². The number of amides is 2. The summed E-state index contributed by atoms with van der Waals surface area (Å²) in [5.41, 5.74) is 0. The molecule has 1 aliphatic heterocycles. The van der Waals surface area contributed by atoms with E-state index in [1.807, 2.05) is 0 Å². The minimum atomic E-state index is -0.885. The minimum absolute atomic E-state index is 0.227. The first-order valence-corrected chi connectivity index (χ1v) is 5.67. The van der Waals surface area contributed by atoms with Gasteiger partial charge < -0.3 is 19.6 Å². The Balaban J connectivity index is 2.39. The third kappa shape index (κ3) is 3.12. The highest BCUT2D eigenvalue weighted by atomic mass is 16.5. The summed E-state index contributed by atoms with van der Waals surface area (Å²) in [5, 5.41) is 8.71. The number of esters is 1. The third-order valence-electron chi connectivity index (χ3n) is 2.98. The van der Waals surface area contributed by atoms with Crippen molar-refractivity contribution in [2.24, 2.45) is 11.8 Å². The highest BCUT2D eigenvalue weighted by Gasteiger charge is 2.37. The SMILES string of the molecule is COC(=O)C(C)CN(C)C(=O)N1CC(C(=O)O)C1. The number of ether oxygens (including phenoxy) is 1. The van der Waals surface area contributed by atoms with Crippen molar-refractivity contribution in [3.8, 4) is 0 Å². The number of methoxy groups -OCH3 is 1. The Kier molecular flexibility index (Phi) is 4.52. The molecule has 1 unspecified atom stereocenters. The molecule has 1 heterocycles. The summed E-state index contributed by atoms with van der Waals surface area (Å²) in [7, 11) is 2.88. The second kappa shape index (κ2) is 5.70. The Morgan fingerprint density at radius 1 is 1.44 bits per heavy atom. The van der Waals surface area contributed by atoms with Gasteiger partial charge in [-0.2, -0.15) is 0 Å². The van der Waals surface area contributed by atoms with Crippen LogP contribution >= 0.6 is 0 Å². The number of hydrogen-bond donors (Lipinski definition) is 1. The van der Waals surface area contributed by atoms with Crippen LogP contribution in [0.2, 0.25) is 0 Å². The van der Waals surface area contributed by atoms with Crippen LogP contribution in [0, 0.1) is 11.8 Å². The number of aliphatic carboxylic acids is 1. The van der Waals surface area contributed by atoms with Crippen molar-refractivity contribution in [1.29, 1.82) is 0 Å². The van der Waals surface area contributed by atoms with Crippen molar-refractivity contribution in [2.75, 3.05) is 33.8 Å². The molecule has 7 nitrogen and oxygen atoms in total. The lowest BCUT2D eigenvalue weighted by molar-refractivity contribution is -0.146. The van der Waals surface area contributed by atoms with Crippen LogP contribution in [0.4, 0.5) is 4.79 Å². The van der Waals surface area contributed by atoms with Crippen molar-refractivity contribution < 1.29 is 24.2 Å². The molecule has 1 atom stereocenters. The average molecular weight is 258 g/mol. The molecule has 0 spiro atoms. The van der Waals surface area contributed by atoms with Crippen LogP contribution in [-0.4, -0.2) is 66.7 Å². The molecular formula is C11H18N2O5. The van der Waals surface area contributed by atoms with Gasteiger partial charge in [-0.15, -0.1) is 0 Å². The van der Waals surface area contributed by atoms with E-state index in [2.05, 4.69) is 4.74 Å². The maximum Gasteiger partial charge on any atom is 0.319 e. The topological polar surface area (TPSA) is 87.2 Å². The number of rotatable bonds is 4. The van der Waals surface area contributed by atoms with Crippen molar-refractivity contribution in [3.63, 3.8) is 0 Å². The summed E-state index contributed by atoms with van der Waals surface area (Å²) < 4.78 is 4.57. The quantitative estimate of drug-likeness (QED) is 0.709. The molecule has 1 fully saturated rings. The van der Waals surface area contributed by atoms with E-state index in [1.165, 1.54) is 16.9 Å². The zero-order valence-electron chi connectivity index (χ0n) is 10.8. The molecule has 0 aromatic rings. The molecule has 1 N–H and O–H groups in total. The molecule has 7 heteroatoms. The van der Waals surface area contributed by atoms with Crippen molar-refractivity contribution in [3.05, 3.63) is 0 Å². The van der Waals surface area contributed by atoms with E-state index in [0.29, 0.717) is 0 Å². The second-order valence-electron chi connectivity index (χ2n) is 4.53. The molecule has 0 aliphatic carbocycles. The first kappa shape index (κ1) is 14.3.